The maximum atomic E-state index is 16.8. The van der Waals surface area contributed by atoms with Crippen LogP contribution < -0.4 is 15.0 Å². The van der Waals surface area contributed by atoms with Gasteiger partial charge in [-0.15, -0.1) is 13.0 Å². The number of phenols is 1. The summed E-state index contributed by atoms with van der Waals surface area (Å²) in [5.74, 6) is -0.135. The van der Waals surface area contributed by atoms with Gasteiger partial charge in [0.25, 0.3) is 0 Å². The number of phenolic OH excluding ortho intramolecular Hbond substituents is 1. The third-order valence-corrected chi connectivity index (χ3v) is 9.59. The molecule has 3 aromatic carbocycles. The summed E-state index contributed by atoms with van der Waals surface area (Å²) < 4.78 is 54.1. The van der Waals surface area contributed by atoms with Gasteiger partial charge in [-0.2, -0.15) is 9.97 Å². The second-order valence-corrected chi connectivity index (χ2v) is 12.6. The van der Waals surface area contributed by atoms with Crippen molar-refractivity contribution in [1.29, 1.82) is 0 Å². The third-order valence-electron chi connectivity index (χ3n) is 9.59. The van der Waals surface area contributed by atoms with Gasteiger partial charge >= 0.3 is 6.01 Å². The molecule has 0 aliphatic carbocycles. The number of nitrogens with zero attached hydrogens (tertiary/aromatic N) is 4. The average molecular weight is 614 g/mol. The maximum Gasteiger partial charge on any atom is 0.319 e. The monoisotopic (exact) mass is 613 g/mol. The molecule has 4 heterocycles. The molecule has 4 aromatic rings. The molecule has 3 saturated heterocycles. The highest BCUT2D eigenvalue weighted by Crippen LogP contribution is 2.42. The maximum absolute atomic E-state index is 16.8. The summed E-state index contributed by atoms with van der Waals surface area (Å²) in [5, 5.41) is 14.8. The van der Waals surface area contributed by atoms with E-state index >= 15 is 8.78 Å². The first kappa shape index (κ1) is 29.4. The number of terminal acetylenes is 1. The van der Waals surface area contributed by atoms with Crippen LogP contribution in [0.2, 0.25) is 0 Å². The molecule has 0 spiro atoms. The van der Waals surface area contributed by atoms with Crippen LogP contribution in [0.1, 0.15) is 38.2 Å². The Bertz CT molecular complexity index is 1880. The highest BCUT2D eigenvalue weighted by atomic mass is 19.1. The Morgan fingerprint density at radius 2 is 1.93 bits per heavy atom. The molecule has 1 aromatic heterocycles. The van der Waals surface area contributed by atoms with Crippen LogP contribution in [0.3, 0.4) is 0 Å². The summed E-state index contributed by atoms with van der Waals surface area (Å²) in [7, 11) is 0. The van der Waals surface area contributed by atoms with Crippen LogP contribution in [0.25, 0.3) is 32.8 Å². The quantitative estimate of drug-likeness (QED) is 0.198. The van der Waals surface area contributed by atoms with Crippen molar-refractivity contribution < 1.29 is 23.0 Å². The van der Waals surface area contributed by atoms with Crippen molar-refractivity contribution in [1.82, 2.24) is 20.2 Å². The number of ether oxygens (including phenoxy) is 1. The molecule has 2 N–H and O–H groups in total. The lowest BCUT2D eigenvalue weighted by molar-refractivity contribution is 0.0960. The van der Waals surface area contributed by atoms with Gasteiger partial charge in [-0.25, -0.2) is 13.2 Å². The second-order valence-electron chi connectivity index (χ2n) is 12.6. The van der Waals surface area contributed by atoms with E-state index in [-0.39, 0.29) is 63.4 Å². The zero-order valence-corrected chi connectivity index (χ0v) is 25.0. The van der Waals surface area contributed by atoms with Crippen LogP contribution in [-0.2, 0) is 0 Å². The standard InChI is InChI=1S/C35H34F3N5O2/c1-4-12-43-13-6-11-35(43,3)19-45-34-40-32-26(33(41-34)42-17-21-8-9-22(18-42)39-21)16-28(37)30(31(32)38)25-15-23(44)14-20-7-10-27(36)24(5-2)29(20)25/h2,4,7,10,14-16,21-22,39,44H,1,6,8-9,11-13,17-19H2,3H3/t21-,22+,35-/m1/s1. The lowest BCUT2D eigenvalue weighted by atomic mass is 9.92. The van der Waals surface area contributed by atoms with Crippen LogP contribution >= 0.6 is 0 Å². The minimum Gasteiger partial charge on any atom is -0.508 e. The number of hydrogen-bond acceptors (Lipinski definition) is 7. The first-order chi connectivity index (χ1) is 21.7. The summed E-state index contributed by atoms with van der Waals surface area (Å²) in [6, 6.07) is 6.83. The minimum atomic E-state index is -0.976. The summed E-state index contributed by atoms with van der Waals surface area (Å²) in [6.07, 6.45) is 11.4. The van der Waals surface area contributed by atoms with E-state index in [1.54, 1.807) is 0 Å². The third kappa shape index (κ3) is 5.04. The van der Waals surface area contributed by atoms with Crippen LogP contribution in [0.15, 0.2) is 43.0 Å². The van der Waals surface area contributed by atoms with Gasteiger partial charge in [-0.05, 0) is 68.8 Å². The molecule has 10 heteroatoms. The predicted molar refractivity (Wildman–Crippen MR) is 169 cm³/mol. The predicted octanol–water partition coefficient (Wildman–Crippen LogP) is 5.91. The fourth-order valence-electron chi connectivity index (χ4n) is 7.38. The van der Waals surface area contributed by atoms with E-state index in [0.717, 1.165) is 32.2 Å². The Labute approximate surface area is 259 Å². The van der Waals surface area contributed by atoms with E-state index in [1.165, 1.54) is 30.3 Å². The Hall–Kier alpha value is -4.33. The molecule has 3 fully saturated rings. The smallest absolute Gasteiger partial charge is 0.319 e. The summed E-state index contributed by atoms with van der Waals surface area (Å²) in [5.41, 5.74) is -1.12. The summed E-state index contributed by atoms with van der Waals surface area (Å²) in [4.78, 5) is 13.6. The molecule has 3 atom stereocenters. The highest BCUT2D eigenvalue weighted by molar-refractivity contribution is 6.04. The number of aromatic hydroxyl groups is 1. The number of anilines is 1. The Balaban J connectivity index is 1.41. The topological polar surface area (TPSA) is 73.8 Å². The van der Waals surface area contributed by atoms with Crippen molar-refractivity contribution in [2.24, 2.45) is 0 Å². The molecular formula is C35H34F3N5O2. The van der Waals surface area contributed by atoms with Gasteiger partial charge in [0, 0.05) is 48.1 Å². The molecule has 0 unspecified atom stereocenters. The van der Waals surface area contributed by atoms with E-state index in [4.69, 9.17) is 16.1 Å². The zero-order chi connectivity index (χ0) is 31.5. The molecular weight excluding hydrogens is 579 g/mol. The summed E-state index contributed by atoms with van der Waals surface area (Å²) in [6.45, 7) is 9.14. The van der Waals surface area contributed by atoms with Crippen LogP contribution in [-0.4, -0.2) is 70.4 Å². The molecule has 45 heavy (non-hydrogen) atoms. The van der Waals surface area contributed by atoms with Crippen molar-refractivity contribution >= 4 is 27.5 Å². The van der Waals surface area contributed by atoms with Crippen molar-refractivity contribution in [3.05, 3.63) is 66.0 Å². The second kappa shape index (κ2) is 11.2. The Morgan fingerprint density at radius 1 is 1.16 bits per heavy atom. The van der Waals surface area contributed by atoms with E-state index in [0.29, 0.717) is 30.8 Å². The Morgan fingerprint density at radius 3 is 2.67 bits per heavy atom. The largest absolute Gasteiger partial charge is 0.508 e. The molecule has 0 amide bonds. The number of halogens is 3. The number of piperazine rings is 1. The lowest BCUT2D eigenvalue weighted by Gasteiger charge is -2.35. The molecule has 3 aliphatic heterocycles. The van der Waals surface area contributed by atoms with Gasteiger partial charge in [0.15, 0.2) is 5.82 Å². The lowest BCUT2D eigenvalue weighted by Crippen LogP contribution is -2.51. The van der Waals surface area contributed by atoms with E-state index < -0.39 is 23.0 Å². The summed E-state index contributed by atoms with van der Waals surface area (Å²) >= 11 is 0. The number of likely N-dealkylation sites (tertiary alicyclic amines) is 1. The molecule has 3 aliphatic rings. The first-order valence-corrected chi connectivity index (χ1v) is 15.3. The van der Waals surface area contributed by atoms with Gasteiger partial charge in [0.1, 0.15) is 35.3 Å². The minimum absolute atomic E-state index is 0.0114. The zero-order valence-electron chi connectivity index (χ0n) is 25.0. The van der Waals surface area contributed by atoms with Gasteiger partial charge < -0.3 is 20.1 Å². The van der Waals surface area contributed by atoms with Gasteiger partial charge in [-0.1, -0.05) is 18.1 Å². The number of aromatic nitrogens is 2. The normalized spacial score (nSPS) is 23.1. The number of benzene rings is 3. The molecule has 2 bridgehead atoms. The molecule has 0 radical (unpaired) electrons. The molecule has 232 valence electrons. The fourth-order valence-corrected chi connectivity index (χ4v) is 7.38. The molecule has 7 rings (SSSR count). The van der Waals surface area contributed by atoms with Gasteiger partial charge in [0.2, 0.25) is 0 Å². The fraction of sp³-hybridized carbons (Fsp3) is 0.371. The highest BCUT2D eigenvalue weighted by Gasteiger charge is 2.38. The number of rotatable bonds is 7. The Kier molecular flexibility index (Phi) is 7.34. The van der Waals surface area contributed by atoms with Crippen molar-refractivity contribution in [2.45, 2.75) is 50.2 Å². The molecule has 7 nitrogen and oxygen atoms in total. The molecule has 0 saturated carbocycles. The number of fused-ring (bicyclic) bond motifs is 4. The van der Waals surface area contributed by atoms with Gasteiger partial charge in [0.05, 0.1) is 16.7 Å². The van der Waals surface area contributed by atoms with Crippen molar-refractivity contribution in [2.75, 3.05) is 37.7 Å². The van der Waals surface area contributed by atoms with Crippen LogP contribution in [0.4, 0.5) is 19.0 Å². The first-order valence-electron chi connectivity index (χ1n) is 15.3. The van der Waals surface area contributed by atoms with Crippen molar-refractivity contribution in [3.63, 3.8) is 0 Å². The van der Waals surface area contributed by atoms with Crippen LogP contribution in [0.5, 0.6) is 11.8 Å². The average Bonchev–Trinajstić information content (AvgIpc) is 3.56. The van der Waals surface area contributed by atoms with E-state index in [1.807, 2.05) is 11.0 Å². The van der Waals surface area contributed by atoms with E-state index in [9.17, 15) is 9.50 Å². The van der Waals surface area contributed by atoms with E-state index in [2.05, 4.69) is 34.6 Å². The van der Waals surface area contributed by atoms with Crippen molar-refractivity contribution in [3.8, 4) is 35.2 Å². The SMILES string of the molecule is C#Cc1c(F)ccc2cc(O)cc(-c3c(F)cc4c(N5C[C@H]6CC[C@@H](C5)N6)nc(OC[C@@]5(C)CCCN5CC=C)nc4c3F)c12. The van der Waals surface area contributed by atoms with Crippen LogP contribution in [0, 0.1) is 29.8 Å². The van der Waals surface area contributed by atoms with Gasteiger partial charge in [-0.3, -0.25) is 4.90 Å². The number of hydrogen-bond donors (Lipinski definition) is 2. The number of nitrogens with one attached hydrogen (secondary N) is 1.